The van der Waals surface area contributed by atoms with E-state index in [-0.39, 0.29) is 23.0 Å². The molecule has 0 saturated carbocycles. The molecule has 178 valence electrons. The molecule has 0 unspecified atom stereocenters. The number of hydrogen-bond donors (Lipinski definition) is 2. The lowest BCUT2D eigenvalue weighted by atomic mass is 9.94. The molecule has 0 spiro atoms. The number of rotatable bonds is 6. The molecule has 2 N–H and O–H groups in total. The second kappa shape index (κ2) is 8.81. The molecule has 0 bridgehead atoms. The Morgan fingerprint density at radius 3 is 2.59 bits per heavy atom. The van der Waals surface area contributed by atoms with Crippen molar-refractivity contribution in [2.24, 2.45) is 0 Å². The summed E-state index contributed by atoms with van der Waals surface area (Å²) >= 11 is 0. The maximum Gasteiger partial charge on any atom is 0.295 e. The normalized spacial score (nSPS) is 17.1. The zero-order chi connectivity index (χ0) is 23.9. The van der Waals surface area contributed by atoms with Crippen LogP contribution >= 0.6 is 0 Å². The molecule has 2 amide bonds. The first kappa shape index (κ1) is 22.5. The first-order valence-electron chi connectivity index (χ1n) is 11.6. The molecule has 9 heteroatoms. The molecule has 4 heterocycles. The Morgan fingerprint density at radius 1 is 1.21 bits per heavy atom. The maximum absolute atomic E-state index is 13.4. The zero-order valence-electron chi connectivity index (χ0n) is 19.1. The molecular weight excluding hydrogens is 437 g/mol. The van der Waals surface area contributed by atoms with Crippen molar-refractivity contribution in [3.05, 3.63) is 65.4 Å². The quantitative estimate of drug-likeness (QED) is 0.431. The van der Waals surface area contributed by atoms with Gasteiger partial charge in [-0.2, -0.15) is 0 Å². The molecule has 34 heavy (non-hydrogen) atoms. The number of amides is 2. The number of nitrogens with zero attached hydrogens (tertiary/aromatic N) is 4. The van der Waals surface area contributed by atoms with Crippen molar-refractivity contribution in [2.75, 3.05) is 26.7 Å². The van der Waals surface area contributed by atoms with Crippen LogP contribution in [0.25, 0.3) is 10.9 Å². The van der Waals surface area contributed by atoms with Gasteiger partial charge in [0, 0.05) is 37.3 Å². The van der Waals surface area contributed by atoms with Crippen LogP contribution in [0.15, 0.2) is 42.7 Å². The summed E-state index contributed by atoms with van der Waals surface area (Å²) < 4.78 is 15.2. The molecule has 2 saturated heterocycles. The van der Waals surface area contributed by atoms with Gasteiger partial charge in [-0.15, -0.1) is 0 Å². The van der Waals surface area contributed by atoms with Gasteiger partial charge in [0.05, 0.1) is 17.3 Å². The molecule has 2 fully saturated rings. The van der Waals surface area contributed by atoms with Gasteiger partial charge >= 0.3 is 0 Å². The van der Waals surface area contributed by atoms with E-state index >= 15 is 0 Å². The monoisotopic (exact) mass is 465 g/mol. The van der Waals surface area contributed by atoms with Crippen molar-refractivity contribution in [1.82, 2.24) is 24.8 Å². The summed E-state index contributed by atoms with van der Waals surface area (Å²) in [5.74, 6) is -1.18. The number of carbonyl (C=O) groups is 2. The van der Waals surface area contributed by atoms with Crippen molar-refractivity contribution in [2.45, 2.75) is 37.8 Å². The minimum Gasteiger partial charge on any atom is -0.350 e. The summed E-state index contributed by atoms with van der Waals surface area (Å²) in [6, 6.07) is 7.72. The topological polar surface area (TPSA) is 90.7 Å². The molecule has 0 radical (unpaired) electrons. The van der Waals surface area contributed by atoms with Crippen LogP contribution in [0.1, 0.15) is 52.1 Å². The van der Waals surface area contributed by atoms with Crippen molar-refractivity contribution in [3.63, 3.8) is 0 Å². The van der Waals surface area contributed by atoms with E-state index in [0.717, 1.165) is 44.3 Å². The van der Waals surface area contributed by atoms with Gasteiger partial charge in [0.2, 0.25) is 0 Å². The number of hydroxylamine groups is 2. The van der Waals surface area contributed by atoms with E-state index in [1.807, 2.05) is 4.57 Å². The molecule has 2 aliphatic rings. The molecule has 0 atom stereocenters. The highest BCUT2D eigenvalue weighted by atomic mass is 19.1. The number of halogens is 1. The Labute approximate surface area is 196 Å². The molecule has 1 aromatic carbocycles. The molecular formula is C25H28FN5O3. The maximum atomic E-state index is 13.4. The number of fused-ring (bicyclic) bond motifs is 2. The number of nitrogens with one attached hydrogen (secondary N) is 1. The summed E-state index contributed by atoms with van der Waals surface area (Å²) in [4.78, 5) is 32.3. The van der Waals surface area contributed by atoms with E-state index in [1.54, 1.807) is 18.3 Å². The molecule has 0 aliphatic carbocycles. The average molecular weight is 466 g/mol. The SMILES string of the molecule is CN(O)C(=O)c1cc2c(C(=O)NCC34CCCN3CCC4)cn(Cc3ccc(F)cc3)c2cn1. The summed E-state index contributed by atoms with van der Waals surface area (Å²) in [6.07, 6.45) is 7.76. The van der Waals surface area contributed by atoms with Gasteiger partial charge in [0.25, 0.3) is 11.8 Å². The molecule has 2 aliphatic heterocycles. The van der Waals surface area contributed by atoms with Crippen LogP contribution in [-0.4, -0.2) is 68.8 Å². The second-order valence-corrected chi connectivity index (χ2v) is 9.31. The van der Waals surface area contributed by atoms with Gasteiger partial charge in [-0.1, -0.05) is 12.1 Å². The molecule has 2 aromatic heterocycles. The Bertz CT molecular complexity index is 1230. The molecule has 3 aromatic rings. The van der Waals surface area contributed by atoms with Gasteiger partial charge in [0.1, 0.15) is 11.5 Å². The van der Waals surface area contributed by atoms with E-state index in [0.29, 0.717) is 34.6 Å². The summed E-state index contributed by atoms with van der Waals surface area (Å²) in [7, 11) is 1.23. The van der Waals surface area contributed by atoms with Crippen LogP contribution in [0.3, 0.4) is 0 Å². The van der Waals surface area contributed by atoms with Crippen molar-refractivity contribution in [3.8, 4) is 0 Å². The van der Waals surface area contributed by atoms with Gasteiger partial charge in [-0.05, 0) is 62.5 Å². The highest BCUT2D eigenvalue weighted by molar-refractivity contribution is 6.08. The van der Waals surface area contributed by atoms with Crippen LogP contribution in [-0.2, 0) is 6.54 Å². The third-order valence-electron chi connectivity index (χ3n) is 7.18. The average Bonchev–Trinajstić information content (AvgIpc) is 3.51. The van der Waals surface area contributed by atoms with Crippen LogP contribution in [0.2, 0.25) is 0 Å². The Hall–Kier alpha value is -3.30. The summed E-state index contributed by atoms with van der Waals surface area (Å²) in [6.45, 7) is 3.17. The number of benzene rings is 1. The van der Waals surface area contributed by atoms with Crippen LogP contribution in [0.4, 0.5) is 4.39 Å². The van der Waals surface area contributed by atoms with Crippen LogP contribution in [0.5, 0.6) is 0 Å². The fourth-order valence-electron chi connectivity index (χ4n) is 5.42. The fraction of sp³-hybridized carbons (Fsp3) is 0.400. The predicted octanol–water partition coefficient (Wildman–Crippen LogP) is 3.04. The van der Waals surface area contributed by atoms with Gasteiger partial charge in [0.15, 0.2) is 0 Å². The van der Waals surface area contributed by atoms with Gasteiger partial charge in [-0.3, -0.25) is 19.7 Å². The third kappa shape index (κ3) is 4.05. The fourth-order valence-corrected chi connectivity index (χ4v) is 5.42. The smallest absolute Gasteiger partial charge is 0.295 e. The van der Waals surface area contributed by atoms with Crippen LogP contribution in [0, 0.1) is 5.82 Å². The third-order valence-corrected chi connectivity index (χ3v) is 7.18. The minimum atomic E-state index is -0.661. The van der Waals surface area contributed by atoms with Gasteiger partial charge in [-0.25, -0.2) is 14.4 Å². The van der Waals surface area contributed by atoms with E-state index in [9.17, 15) is 19.2 Å². The van der Waals surface area contributed by atoms with Crippen molar-refractivity contribution in [1.29, 1.82) is 0 Å². The van der Waals surface area contributed by atoms with Gasteiger partial charge < -0.3 is 9.88 Å². The lowest BCUT2D eigenvalue weighted by molar-refractivity contribution is -0.0379. The number of carbonyl (C=O) groups excluding carboxylic acids is 2. The van der Waals surface area contributed by atoms with E-state index < -0.39 is 5.91 Å². The molecule has 5 rings (SSSR count). The lowest BCUT2D eigenvalue weighted by Crippen LogP contribution is -2.48. The standard InChI is InChI=1S/C25H28FN5O3/c1-29(34)24(33)21-12-19-20(23(32)28-16-25-8-2-10-31(25)11-3-9-25)15-30(22(19)13-27-21)14-17-4-6-18(26)7-5-17/h4-7,12-13,15,34H,2-3,8-11,14,16H2,1H3,(H,28,32). The van der Waals surface area contributed by atoms with E-state index in [1.165, 1.54) is 31.4 Å². The largest absolute Gasteiger partial charge is 0.350 e. The van der Waals surface area contributed by atoms with Crippen molar-refractivity contribution < 1.29 is 19.2 Å². The summed E-state index contributed by atoms with van der Waals surface area (Å²) in [5, 5.41) is 13.8. The van der Waals surface area contributed by atoms with Crippen molar-refractivity contribution >= 4 is 22.7 Å². The molecule has 8 nitrogen and oxygen atoms in total. The summed E-state index contributed by atoms with van der Waals surface area (Å²) in [5.41, 5.74) is 2.07. The van der Waals surface area contributed by atoms with E-state index in [4.69, 9.17) is 0 Å². The Balaban J connectivity index is 1.48. The van der Waals surface area contributed by atoms with Crippen LogP contribution < -0.4 is 5.32 Å². The number of hydrogen-bond acceptors (Lipinski definition) is 5. The number of aromatic nitrogens is 2. The Kier molecular flexibility index (Phi) is 5.83. The predicted molar refractivity (Wildman–Crippen MR) is 124 cm³/mol. The lowest BCUT2D eigenvalue weighted by Gasteiger charge is -2.32. The highest BCUT2D eigenvalue weighted by Gasteiger charge is 2.44. The minimum absolute atomic E-state index is 0.0439. The Morgan fingerprint density at radius 2 is 1.91 bits per heavy atom. The first-order valence-corrected chi connectivity index (χ1v) is 11.6. The van der Waals surface area contributed by atoms with E-state index in [2.05, 4.69) is 15.2 Å². The second-order valence-electron chi connectivity index (χ2n) is 9.31. The highest BCUT2D eigenvalue weighted by Crippen LogP contribution is 2.38. The zero-order valence-corrected chi connectivity index (χ0v) is 19.1. The first-order chi connectivity index (χ1) is 16.4. The number of pyridine rings is 1.